The third-order valence-electron chi connectivity index (χ3n) is 6.23. The third kappa shape index (κ3) is 5.57. The van der Waals surface area contributed by atoms with Crippen molar-refractivity contribution in [2.45, 2.75) is 43.1 Å². The zero-order valence-electron chi connectivity index (χ0n) is 18.5. The fourth-order valence-electron chi connectivity index (χ4n) is 4.31. The highest BCUT2D eigenvalue weighted by Gasteiger charge is 2.49. The molecule has 2 aliphatic heterocycles. The minimum atomic E-state index is -1.62. The number of aliphatic hydroxyl groups is 5. The zero-order valence-corrected chi connectivity index (χ0v) is 18.5. The van der Waals surface area contributed by atoms with Crippen LogP contribution in [-0.2, 0) is 23.7 Å². The number of phenols is 1. The topological polar surface area (TPSA) is 175 Å². The number of carbonyl (C=O) groups excluding carboxylic acids is 1. The summed E-state index contributed by atoms with van der Waals surface area (Å²) in [7, 11) is 0. The lowest BCUT2D eigenvalue weighted by molar-refractivity contribution is -0.339. The van der Waals surface area contributed by atoms with Crippen molar-refractivity contribution in [3.8, 4) is 5.75 Å². The van der Waals surface area contributed by atoms with Gasteiger partial charge in [-0.3, -0.25) is 0 Å². The first-order valence-electron chi connectivity index (χ1n) is 11.1. The van der Waals surface area contributed by atoms with Gasteiger partial charge in [0.1, 0.15) is 36.8 Å². The molecule has 35 heavy (non-hydrogen) atoms. The molecule has 6 N–H and O–H groups in total. The number of benzene rings is 1. The highest BCUT2D eigenvalue weighted by atomic mass is 16.8. The van der Waals surface area contributed by atoms with Crippen LogP contribution in [0.3, 0.4) is 0 Å². The molecule has 190 valence electrons. The number of hydrogen-bond donors (Lipinski definition) is 6. The normalized spacial score (nSPS) is 36.5. The lowest BCUT2D eigenvalue weighted by Gasteiger charge is -2.42. The average molecular weight is 492 g/mol. The maximum Gasteiger partial charge on any atom is 0.331 e. The van der Waals surface area contributed by atoms with E-state index in [1.807, 2.05) is 0 Å². The number of esters is 1. The second kappa shape index (κ2) is 10.9. The number of fused-ring (bicyclic) bond motifs is 1. The number of ether oxygens (including phenoxy) is 4. The molecule has 1 aliphatic carbocycles. The van der Waals surface area contributed by atoms with Gasteiger partial charge in [-0.1, -0.05) is 18.2 Å². The van der Waals surface area contributed by atoms with Crippen LogP contribution >= 0.6 is 0 Å². The van der Waals surface area contributed by atoms with Crippen LogP contribution in [0.25, 0.3) is 6.08 Å². The SMILES string of the molecule is O=C(/C=C\c1ccc(O)cc1)OCC1=C[C@@H](O)[C@@H]2C=CO[C@@H](O[C@@H]3O[C@H](CO)[C@@H](O)[C@H](O)[C@H]3O)[C@H]12. The average Bonchev–Trinajstić information content (AvgIpc) is 3.19. The van der Waals surface area contributed by atoms with Gasteiger partial charge in [0, 0.05) is 12.0 Å². The van der Waals surface area contributed by atoms with Crippen molar-refractivity contribution >= 4 is 12.0 Å². The lowest BCUT2D eigenvalue weighted by atomic mass is 9.88. The predicted molar refractivity (Wildman–Crippen MR) is 118 cm³/mol. The van der Waals surface area contributed by atoms with Crippen molar-refractivity contribution in [2.24, 2.45) is 11.8 Å². The van der Waals surface area contributed by atoms with Gasteiger partial charge >= 0.3 is 5.97 Å². The Morgan fingerprint density at radius 2 is 1.77 bits per heavy atom. The molecule has 0 radical (unpaired) electrons. The minimum Gasteiger partial charge on any atom is -0.508 e. The molecule has 0 saturated carbocycles. The van der Waals surface area contributed by atoms with Gasteiger partial charge in [0.05, 0.1) is 24.9 Å². The molecule has 4 rings (SSSR count). The molecule has 0 bridgehead atoms. The van der Waals surface area contributed by atoms with Gasteiger partial charge in [0.2, 0.25) is 6.29 Å². The second-order valence-corrected chi connectivity index (χ2v) is 8.53. The van der Waals surface area contributed by atoms with Crippen molar-refractivity contribution < 1.29 is 54.4 Å². The van der Waals surface area contributed by atoms with E-state index in [4.69, 9.17) is 18.9 Å². The minimum absolute atomic E-state index is 0.107. The van der Waals surface area contributed by atoms with E-state index in [0.717, 1.165) is 0 Å². The van der Waals surface area contributed by atoms with Crippen LogP contribution in [-0.4, -0.2) is 92.9 Å². The molecule has 0 aromatic heterocycles. The predicted octanol–water partition coefficient (Wildman–Crippen LogP) is -0.832. The van der Waals surface area contributed by atoms with Gasteiger partial charge in [0.25, 0.3) is 0 Å². The van der Waals surface area contributed by atoms with Crippen LogP contribution in [0.2, 0.25) is 0 Å². The van der Waals surface area contributed by atoms with Gasteiger partial charge in [-0.2, -0.15) is 0 Å². The fourth-order valence-corrected chi connectivity index (χ4v) is 4.31. The Hall–Kier alpha value is -2.77. The van der Waals surface area contributed by atoms with Crippen LogP contribution in [0, 0.1) is 11.8 Å². The molecule has 1 aromatic carbocycles. The van der Waals surface area contributed by atoms with E-state index in [2.05, 4.69) is 0 Å². The summed E-state index contributed by atoms with van der Waals surface area (Å²) in [5.41, 5.74) is 1.21. The van der Waals surface area contributed by atoms with Crippen molar-refractivity contribution in [2.75, 3.05) is 13.2 Å². The number of rotatable bonds is 7. The Balaban J connectivity index is 1.40. The standard InChI is InChI=1S/C24H28O11/c25-10-17-20(29)21(30)22(31)24(34-17)35-23-19-13(9-16(27)15(19)7-8-32-23)11-33-18(28)6-3-12-1-4-14(26)5-2-12/h1-9,15-17,19-27,29-31H,10-11H2/b6-3-/t15-,16+,17+,19+,20+,21-,22+,23-,24-/m0/s1. The molecule has 11 heteroatoms. The smallest absolute Gasteiger partial charge is 0.331 e. The zero-order chi connectivity index (χ0) is 25.1. The molecule has 1 saturated heterocycles. The highest BCUT2D eigenvalue weighted by molar-refractivity contribution is 5.87. The van der Waals surface area contributed by atoms with Crippen molar-refractivity contribution in [1.82, 2.24) is 0 Å². The van der Waals surface area contributed by atoms with Crippen LogP contribution in [0.1, 0.15) is 5.56 Å². The first kappa shape index (κ1) is 25.3. The molecule has 2 heterocycles. The summed E-state index contributed by atoms with van der Waals surface area (Å²) in [5.74, 6) is -1.58. The van der Waals surface area contributed by atoms with E-state index < -0.39 is 67.5 Å². The summed E-state index contributed by atoms with van der Waals surface area (Å²) in [6, 6.07) is 6.24. The molecule has 9 atom stereocenters. The monoisotopic (exact) mass is 492 g/mol. The molecular formula is C24H28O11. The van der Waals surface area contributed by atoms with Crippen LogP contribution in [0.15, 0.2) is 54.3 Å². The second-order valence-electron chi connectivity index (χ2n) is 8.53. The number of hydrogen-bond acceptors (Lipinski definition) is 11. The van der Waals surface area contributed by atoms with Gasteiger partial charge in [-0.25, -0.2) is 4.79 Å². The number of aliphatic hydroxyl groups excluding tert-OH is 5. The van der Waals surface area contributed by atoms with Gasteiger partial charge in [0.15, 0.2) is 6.29 Å². The Morgan fingerprint density at radius 3 is 2.49 bits per heavy atom. The molecule has 0 unspecified atom stereocenters. The lowest BCUT2D eigenvalue weighted by Crippen LogP contribution is -2.60. The number of aromatic hydroxyl groups is 1. The molecule has 1 aromatic rings. The van der Waals surface area contributed by atoms with Crippen molar-refractivity contribution in [1.29, 1.82) is 0 Å². The summed E-state index contributed by atoms with van der Waals surface area (Å²) >= 11 is 0. The first-order chi connectivity index (χ1) is 16.8. The maximum absolute atomic E-state index is 12.2. The first-order valence-corrected chi connectivity index (χ1v) is 11.1. The Morgan fingerprint density at radius 1 is 1.03 bits per heavy atom. The summed E-state index contributed by atoms with van der Waals surface area (Å²) < 4.78 is 22.0. The molecule has 1 fully saturated rings. The summed E-state index contributed by atoms with van der Waals surface area (Å²) in [4.78, 5) is 12.2. The quantitative estimate of drug-likeness (QED) is 0.159. The molecule has 3 aliphatic rings. The van der Waals surface area contributed by atoms with Gasteiger partial charge in [-0.05, 0) is 35.4 Å². The van der Waals surface area contributed by atoms with Gasteiger partial charge in [-0.15, -0.1) is 0 Å². The van der Waals surface area contributed by atoms with Crippen molar-refractivity contribution in [3.63, 3.8) is 0 Å². The largest absolute Gasteiger partial charge is 0.508 e. The van der Waals surface area contributed by atoms with Crippen LogP contribution in [0.4, 0.5) is 0 Å². The molecular weight excluding hydrogens is 464 g/mol. The van der Waals surface area contributed by atoms with E-state index >= 15 is 0 Å². The van der Waals surface area contributed by atoms with E-state index in [9.17, 15) is 35.4 Å². The van der Waals surface area contributed by atoms with Crippen LogP contribution < -0.4 is 0 Å². The van der Waals surface area contributed by atoms with Gasteiger partial charge < -0.3 is 49.6 Å². The van der Waals surface area contributed by atoms with E-state index in [-0.39, 0.29) is 12.4 Å². The summed E-state index contributed by atoms with van der Waals surface area (Å²) in [5, 5.41) is 59.4. The highest BCUT2D eigenvalue weighted by Crippen LogP contribution is 2.41. The maximum atomic E-state index is 12.2. The Bertz CT molecular complexity index is 970. The van der Waals surface area contributed by atoms with E-state index in [1.165, 1.54) is 36.6 Å². The summed E-state index contributed by atoms with van der Waals surface area (Å²) in [6.45, 7) is -0.775. The summed E-state index contributed by atoms with van der Waals surface area (Å²) in [6.07, 6.45) is -2.08. The fraction of sp³-hybridized carbons (Fsp3) is 0.458. The Labute approximate surface area is 200 Å². The van der Waals surface area contributed by atoms with Crippen molar-refractivity contribution in [3.05, 3.63) is 59.9 Å². The third-order valence-corrected chi connectivity index (χ3v) is 6.23. The van der Waals surface area contributed by atoms with Crippen LogP contribution in [0.5, 0.6) is 5.75 Å². The number of phenolic OH excluding ortho intramolecular Hbond substituents is 1. The molecule has 0 spiro atoms. The van der Waals surface area contributed by atoms with E-state index in [1.54, 1.807) is 18.2 Å². The molecule has 0 amide bonds. The Kier molecular flexibility index (Phi) is 7.87. The van der Waals surface area contributed by atoms with E-state index in [0.29, 0.717) is 11.1 Å². The number of carbonyl (C=O) groups is 1. The molecule has 11 nitrogen and oxygen atoms in total.